The molecule has 6 nitrogen and oxygen atoms in total. The van der Waals surface area contributed by atoms with E-state index >= 15 is 0 Å². The molecule has 0 saturated carbocycles. The van der Waals surface area contributed by atoms with Gasteiger partial charge in [-0.3, -0.25) is 9.50 Å². The summed E-state index contributed by atoms with van der Waals surface area (Å²) in [5.74, 6) is 2.02. The number of para-hydroxylation sites is 2. The molecular formula is C31H17N5OPt. The van der Waals surface area contributed by atoms with Crippen LogP contribution in [0.4, 0.5) is 0 Å². The zero-order chi connectivity index (χ0) is 24.3. The quantitative estimate of drug-likeness (QED) is 0.151. The van der Waals surface area contributed by atoms with Crippen molar-refractivity contribution in [2.45, 2.75) is 0 Å². The molecule has 4 heterocycles. The van der Waals surface area contributed by atoms with Gasteiger partial charge in [0.05, 0.1) is 11.2 Å². The van der Waals surface area contributed by atoms with Crippen LogP contribution in [0.3, 0.4) is 0 Å². The van der Waals surface area contributed by atoms with Crippen molar-refractivity contribution in [2.24, 2.45) is 0 Å². The second kappa shape index (κ2) is 8.79. The molecule has 0 radical (unpaired) electrons. The van der Waals surface area contributed by atoms with Crippen LogP contribution in [0.1, 0.15) is 0 Å². The van der Waals surface area contributed by atoms with E-state index in [1.54, 1.807) is 12.5 Å². The molecule has 38 heavy (non-hydrogen) atoms. The molecule has 0 unspecified atom stereocenters. The van der Waals surface area contributed by atoms with E-state index in [9.17, 15) is 0 Å². The zero-order valence-corrected chi connectivity index (χ0v) is 22.0. The van der Waals surface area contributed by atoms with Gasteiger partial charge < -0.3 is 9.30 Å². The van der Waals surface area contributed by atoms with E-state index in [0.717, 1.165) is 54.9 Å². The van der Waals surface area contributed by atoms with Gasteiger partial charge >= 0.3 is 21.1 Å². The van der Waals surface area contributed by atoms with Crippen molar-refractivity contribution < 1.29 is 25.8 Å². The molecule has 0 N–H and O–H groups in total. The topological polar surface area (TPSA) is 57.2 Å². The standard InChI is InChI=1S/C31H17N5O.Pt/c1-3-9-27-24(8-1)25-15-13-21(18-29(25)35(27)30-11-5-6-16-32-30)37-20-12-14-22-23-7-2-4-10-28(23)36-31(26(22)17-20)33-19-34-36;/h1-16,19H;/q-2;+2. The second-order valence-corrected chi connectivity index (χ2v) is 8.85. The fourth-order valence-corrected chi connectivity index (χ4v) is 5.19. The van der Waals surface area contributed by atoms with Crippen molar-refractivity contribution in [1.82, 2.24) is 24.1 Å². The van der Waals surface area contributed by atoms with Crippen LogP contribution >= 0.6 is 0 Å². The number of rotatable bonds is 3. The fraction of sp³-hybridized carbons (Fsp3) is 0. The molecule has 0 amide bonds. The van der Waals surface area contributed by atoms with Crippen LogP contribution in [0.5, 0.6) is 11.5 Å². The Morgan fingerprint density at radius 2 is 1.34 bits per heavy atom. The Morgan fingerprint density at radius 3 is 2.16 bits per heavy atom. The van der Waals surface area contributed by atoms with Gasteiger partial charge in [-0.15, -0.1) is 29.7 Å². The number of hydrogen-bond acceptors (Lipinski definition) is 4. The number of benzene rings is 4. The molecule has 0 saturated heterocycles. The minimum absolute atomic E-state index is 0. The van der Waals surface area contributed by atoms with Gasteiger partial charge in [-0.2, -0.15) is 11.2 Å². The molecule has 0 aliphatic heterocycles. The number of hydrogen-bond donors (Lipinski definition) is 0. The third kappa shape index (κ3) is 3.34. The molecule has 0 bridgehead atoms. The molecule has 0 aliphatic carbocycles. The van der Waals surface area contributed by atoms with Gasteiger partial charge in [-0.1, -0.05) is 64.8 Å². The fourth-order valence-electron chi connectivity index (χ4n) is 5.19. The van der Waals surface area contributed by atoms with Crippen molar-refractivity contribution in [3.63, 3.8) is 0 Å². The minimum atomic E-state index is 0. The maximum atomic E-state index is 6.32. The van der Waals surface area contributed by atoms with Crippen LogP contribution in [0, 0.1) is 12.1 Å². The van der Waals surface area contributed by atoms with E-state index < -0.39 is 0 Å². The summed E-state index contributed by atoms with van der Waals surface area (Å²) in [4.78, 5) is 9.10. The van der Waals surface area contributed by atoms with Crippen LogP contribution < -0.4 is 4.74 Å². The molecule has 8 aromatic rings. The summed E-state index contributed by atoms with van der Waals surface area (Å²) in [6, 6.07) is 37.3. The summed E-state index contributed by atoms with van der Waals surface area (Å²) in [5.41, 5.74) is 3.73. The first-order valence-electron chi connectivity index (χ1n) is 12.0. The second-order valence-electron chi connectivity index (χ2n) is 8.85. The van der Waals surface area contributed by atoms with Crippen LogP contribution in [0.2, 0.25) is 0 Å². The summed E-state index contributed by atoms with van der Waals surface area (Å²) >= 11 is 0. The number of aromatic nitrogens is 5. The summed E-state index contributed by atoms with van der Waals surface area (Å²) in [6.45, 7) is 0. The maximum Gasteiger partial charge on any atom is 2.00 e. The van der Waals surface area contributed by atoms with Gasteiger partial charge in [0.15, 0.2) is 0 Å². The van der Waals surface area contributed by atoms with Gasteiger partial charge in [0.2, 0.25) is 0 Å². The summed E-state index contributed by atoms with van der Waals surface area (Å²) in [7, 11) is 0. The van der Waals surface area contributed by atoms with E-state index in [2.05, 4.69) is 62.1 Å². The van der Waals surface area contributed by atoms with E-state index in [1.807, 2.05) is 65.2 Å². The normalized spacial score (nSPS) is 11.5. The van der Waals surface area contributed by atoms with Crippen LogP contribution in [-0.4, -0.2) is 24.1 Å². The Morgan fingerprint density at radius 1 is 0.632 bits per heavy atom. The van der Waals surface area contributed by atoms with E-state index in [0.29, 0.717) is 11.5 Å². The Hall–Kier alpha value is -4.54. The molecule has 7 heteroatoms. The minimum Gasteiger partial charge on any atom is -0.503 e. The molecule has 4 aromatic heterocycles. The van der Waals surface area contributed by atoms with Gasteiger partial charge in [0.25, 0.3) is 0 Å². The predicted octanol–water partition coefficient (Wildman–Crippen LogP) is 6.92. The Bertz CT molecular complexity index is 2130. The van der Waals surface area contributed by atoms with E-state index in [4.69, 9.17) is 4.74 Å². The molecular weight excluding hydrogens is 653 g/mol. The molecule has 8 rings (SSSR count). The van der Waals surface area contributed by atoms with Crippen molar-refractivity contribution in [3.05, 3.63) is 116 Å². The molecule has 4 aromatic carbocycles. The van der Waals surface area contributed by atoms with Crippen LogP contribution in [-0.2, 0) is 21.1 Å². The summed E-state index contributed by atoms with van der Waals surface area (Å²) in [6.07, 6.45) is 3.37. The number of nitrogens with zero attached hydrogens (tertiary/aromatic N) is 5. The smallest absolute Gasteiger partial charge is 0.503 e. The first-order chi connectivity index (χ1) is 18.3. The maximum absolute atomic E-state index is 6.32. The number of pyridine rings is 2. The predicted molar refractivity (Wildman–Crippen MR) is 144 cm³/mol. The van der Waals surface area contributed by atoms with Crippen LogP contribution in [0.25, 0.3) is 54.9 Å². The molecule has 0 atom stereocenters. The Kier molecular flexibility index (Phi) is 5.24. The molecule has 0 aliphatic rings. The third-order valence-corrected chi connectivity index (χ3v) is 6.77. The number of fused-ring (bicyclic) bond motifs is 9. The van der Waals surface area contributed by atoms with Crippen molar-refractivity contribution in [1.29, 1.82) is 0 Å². The van der Waals surface area contributed by atoms with Crippen LogP contribution in [0.15, 0.2) is 104 Å². The summed E-state index contributed by atoms with van der Waals surface area (Å²) < 4.78 is 10.3. The van der Waals surface area contributed by atoms with Crippen molar-refractivity contribution in [2.75, 3.05) is 0 Å². The van der Waals surface area contributed by atoms with Crippen molar-refractivity contribution >= 4 is 49.1 Å². The first-order valence-corrected chi connectivity index (χ1v) is 12.0. The molecule has 0 spiro atoms. The molecule has 0 fully saturated rings. The van der Waals surface area contributed by atoms with Gasteiger partial charge in [0, 0.05) is 23.2 Å². The molecule has 182 valence electrons. The average molecular weight is 671 g/mol. The van der Waals surface area contributed by atoms with Gasteiger partial charge in [-0.05, 0) is 35.0 Å². The SMILES string of the molecule is [Pt+2].[c-]1c(Oc2[c-]c3c(cc2)c2ccccc2n3-c2ccccn2)ccc2c1c1ncnn1c1ccccc21. The van der Waals surface area contributed by atoms with Gasteiger partial charge in [-0.25, -0.2) is 4.98 Å². The van der Waals surface area contributed by atoms with E-state index in [1.165, 1.54) is 0 Å². The summed E-state index contributed by atoms with van der Waals surface area (Å²) in [5, 5.41) is 9.67. The Balaban J connectivity index is 0.00000242. The first kappa shape index (κ1) is 22.6. The Labute approximate surface area is 231 Å². The van der Waals surface area contributed by atoms with Gasteiger partial charge in [0.1, 0.15) is 12.1 Å². The largest absolute Gasteiger partial charge is 2.00 e. The van der Waals surface area contributed by atoms with Crippen molar-refractivity contribution in [3.8, 4) is 17.3 Å². The number of ether oxygens (including phenoxy) is 1. The zero-order valence-electron chi connectivity index (χ0n) is 19.8. The third-order valence-electron chi connectivity index (χ3n) is 6.77. The average Bonchev–Trinajstić information content (AvgIpc) is 3.57. The van der Waals surface area contributed by atoms with E-state index in [-0.39, 0.29) is 21.1 Å². The monoisotopic (exact) mass is 670 g/mol.